The highest BCUT2D eigenvalue weighted by atomic mass is 31.2. The van der Waals surface area contributed by atoms with Crippen LogP contribution in [0.2, 0.25) is 0 Å². The predicted molar refractivity (Wildman–Crippen MR) is 84.9 cm³/mol. The predicted octanol–water partition coefficient (Wildman–Crippen LogP) is 3.60. The largest absolute Gasteiger partial charge is 0.464 e. The van der Waals surface area contributed by atoms with Crippen molar-refractivity contribution in [3.05, 3.63) is 29.7 Å². The fourth-order valence-electron chi connectivity index (χ4n) is 1.91. The van der Waals surface area contributed by atoms with Gasteiger partial charge in [-0.2, -0.15) is 0 Å². The van der Waals surface area contributed by atoms with E-state index in [0.717, 1.165) is 6.08 Å². The minimum absolute atomic E-state index is 0.0247. The van der Waals surface area contributed by atoms with Gasteiger partial charge in [-0.25, -0.2) is 4.79 Å². The van der Waals surface area contributed by atoms with Crippen LogP contribution in [0.25, 0.3) is 5.31 Å². The molecule has 1 aromatic rings. The van der Waals surface area contributed by atoms with E-state index in [0.29, 0.717) is 5.56 Å². The molecule has 1 aromatic heterocycles. The van der Waals surface area contributed by atoms with Gasteiger partial charge in [0, 0.05) is 18.7 Å². The van der Waals surface area contributed by atoms with Gasteiger partial charge < -0.3 is 22.9 Å². The van der Waals surface area contributed by atoms with Gasteiger partial charge in [0.1, 0.15) is 11.1 Å². The third-order valence-corrected chi connectivity index (χ3v) is 4.83. The van der Waals surface area contributed by atoms with Crippen LogP contribution >= 0.6 is 7.60 Å². The second-order valence-corrected chi connectivity index (χ2v) is 6.32. The van der Waals surface area contributed by atoms with Crippen LogP contribution in [0.3, 0.4) is 0 Å². The summed E-state index contributed by atoms with van der Waals surface area (Å²) in [5.41, 5.74) is 0.627. The minimum atomic E-state index is -3.74. The SMILES string of the molecule is CCOC(=O)C=C(c1occc1COC)P(=O)(OCC)OCC. The van der Waals surface area contributed by atoms with Gasteiger partial charge in [-0.05, 0) is 26.8 Å². The van der Waals surface area contributed by atoms with E-state index in [-0.39, 0.29) is 37.5 Å². The highest BCUT2D eigenvalue weighted by Gasteiger charge is 2.35. The molecule has 0 bridgehead atoms. The second-order valence-electron chi connectivity index (χ2n) is 4.32. The Balaban J connectivity index is 3.39. The first-order valence-corrected chi connectivity index (χ1v) is 8.90. The molecular weight excluding hydrogens is 323 g/mol. The van der Waals surface area contributed by atoms with E-state index in [9.17, 15) is 9.36 Å². The van der Waals surface area contributed by atoms with Crippen LogP contribution in [0.4, 0.5) is 0 Å². The van der Waals surface area contributed by atoms with E-state index in [1.807, 2.05) is 0 Å². The summed E-state index contributed by atoms with van der Waals surface area (Å²) in [6.07, 6.45) is 2.51. The molecule has 0 aromatic carbocycles. The van der Waals surface area contributed by atoms with Crippen molar-refractivity contribution in [3.8, 4) is 0 Å². The number of carbonyl (C=O) groups is 1. The van der Waals surface area contributed by atoms with Gasteiger partial charge in [0.15, 0.2) is 0 Å². The van der Waals surface area contributed by atoms with Crippen LogP contribution in [0.1, 0.15) is 32.1 Å². The first kappa shape index (κ1) is 19.6. The van der Waals surface area contributed by atoms with E-state index in [2.05, 4.69) is 0 Å². The lowest BCUT2D eigenvalue weighted by Crippen LogP contribution is -2.05. The highest BCUT2D eigenvalue weighted by Crippen LogP contribution is 2.61. The average molecular weight is 346 g/mol. The molecule has 7 nitrogen and oxygen atoms in total. The van der Waals surface area contributed by atoms with Crippen molar-refractivity contribution in [1.82, 2.24) is 0 Å². The molecule has 23 heavy (non-hydrogen) atoms. The molecule has 0 unspecified atom stereocenters. The minimum Gasteiger partial charge on any atom is -0.464 e. The lowest BCUT2D eigenvalue weighted by atomic mass is 10.2. The zero-order valence-electron chi connectivity index (χ0n) is 13.9. The van der Waals surface area contributed by atoms with Crippen LogP contribution in [0.5, 0.6) is 0 Å². The molecule has 0 fully saturated rings. The quantitative estimate of drug-likeness (QED) is 0.363. The smallest absolute Gasteiger partial charge is 0.365 e. The molecule has 8 heteroatoms. The van der Waals surface area contributed by atoms with Gasteiger partial charge in [0.25, 0.3) is 0 Å². The molecule has 0 aliphatic rings. The van der Waals surface area contributed by atoms with Crippen molar-refractivity contribution in [2.75, 3.05) is 26.9 Å². The van der Waals surface area contributed by atoms with E-state index < -0.39 is 13.6 Å². The lowest BCUT2D eigenvalue weighted by Gasteiger charge is -2.19. The number of carbonyl (C=O) groups excluding carboxylic acids is 1. The number of methoxy groups -OCH3 is 1. The zero-order chi connectivity index (χ0) is 17.3. The Morgan fingerprint density at radius 2 is 1.87 bits per heavy atom. The van der Waals surface area contributed by atoms with Gasteiger partial charge in [0.05, 0.1) is 32.7 Å². The number of hydrogen-bond acceptors (Lipinski definition) is 7. The Bertz CT molecular complexity index is 566. The summed E-state index contributed by atoms with van der Waals surface area (Å²) in [6.45, 7) is 5.77. The standard InChI is InChI=1S/C15H23O7P/c1-5-19-14(16)10-13(23(17,21-6-2)22-7-3)15-12(11-18-4)8-9-20-15/h8-10H,5-7,11H2,1-4H3. The fourth-order valence-corrected chi connectivity index (χ4v) is 3.65. The van der Waals surface area contributed by atoms with E-state index in [1.54, 1.807) is 26.8 Å². The Hall–Kier alpha value is -1.40. The fraction of sp³-hybridized carbons (Fsp3) is 0.533. The normalized spacial score (nSPS) is 12.4. The van der Waals surface area contributed by atoms with Gasteiger partial charge >= 0.3 is 13.6 Å². The third kappa shape index (κ3) is 5.32. The van der Waals surface area contributed by atoms with Crippen molar-refractivity contribution in [1.29, 1.82) is 0 Å². The monoisotopic (exact) mass is 346 g/mol. The van der Waals surface area contributed by atoms with E-state index in [4.69, 9.17) is 22.9 Å². The van der Waals surface area contributed by atoms with Crippen molar-refractivity contribution >= 4 is 18.9 Å². The summed E-state index contributed by atoms with van der Waals surface area (Å²) in [6, 6.07) is 1.67. The Morgan fingerprint density at radius 1 is 1.22 bits per heavy atom. The Labute approximate surface area is 136 Å². The molecule has 0 atom stereocenters. The third-order valence-electron chi connectivity index (χ3n) is 2.71. The molecule has 0 N–H and O–H groups in total. The van der Waals surface area contributed by atoms with Gasteiger partial charge in [-0.3, -0.25) is 4.57 Å². The maximum Gasteiger partial charge on any atom is 0.365 e. The second kappa shape index (κ2) is 9.67. The van der Waals surface area contributed by atoms with E-state index in [1.165, 1.54) is 13.4 Å². The van der Waals surface area contributed by atoms with Crippen LogP contribution in [-0.2, 0) is 34.5 Å². The Morgan fingerprint density at radius 3 is 2.39 bits per heavy atom. The molecule has 0 amide bonds. The van der Waals surface area contributed by atoms with Crippen molar-refractivity contribution in [2.24, 2.45) is 0 Å². The van der Waals surface area contributed by atoms with Crippen LogP contribution in [0.15, 0.2) is 22.8 Å². The molecule has 0 saturated carbocycles. The van der Waals surface area contributed by atoms with Gasteiger partial charge in [-0.1, -0.05) is 0 Å². The van der Waals surface area contributed by atoms with E-state index >= 15 is 0 Å². The first-order chi connectivity index (χ1) is 11.0. The molecular formula is C15H23O7P. The summed E-state index contributed by atoms with van der Waals surface area (Å²) < 4.78 is 39.1. The van der Waals surface area contributed by atoms with Crippen molar-refractivity contribution in [2.45, 2.75) is 27.4 Å². The number of esters is 1. The molecule has 0 aliphatic heterocycles. The summed E-state index contributed by atoms with van der Waals surface area (Å²) >= 11 is 0. The van der Waals surface area contributed by atoms with Crippen LogP contribution in [-0.4, -0.2) is 32.9 Å². The topological polar surface area (TPSA) is 84.2 Å². The van der Waals surface area contributed by atoms with Crippen molar-refractivity contribution < 1.29 is 32.3 Å². The molecule has 1 heterocycles. The number of hydrogen-bond donors (Lipinski definition) is 0. The maximum atomic E-state index is 13.1. The molecule has 0 aliphatic carbocycles. The summed E-state index contributed by atoms with van der Waals surface area (Å²) in [5, 5.41) is 0.0247. The molecule has 0 saturated heterocycles. The highest BCUT2D eigenvalue weighted by molar-refractivity contribution is 7.65. The van der Waals surface area contributed by atoms with Gasteiger partial charge in [-0.15, -0.1) is 0 Å². The zero-order valence-corrected chi connectivity index (χ0v) is 14.8. The van der Waals surface area contributed by atoms with Crippen LogP contribution in [0, 0.1) is 0 Å². The summed E-state index contributed by atoms with van der Waals surface area (Å²) in [4.78, 5) is 11.9. The van der Waals surface area contributed by atoms with Crippen LogP contribution < -0.4 is 0 Å². The Kier molecular flexibility index (Phi) is 8.26. The lowest BCUT2D eigenvalue weighted by molar-refractivity contribution is -0.137. The first-order valence-electron chi connectivity index (χ1n) is 7.36. The number of ether oxygens (including phenoxy) is 2. The van der Waals surface area contributed by atoms with Gasteiger partial charge in [0.2, 0.25) is 0 Å². The molecule has 130 valence electrons. The average Bonchev–Trinajstić information content (AvgIpc) is 2.94. The molecule has 0 spiro atoms. The van der Waals surface area contributed by atoms with Crippen molar-refractivity contribution in [3.63, 3.8) is 0 Å². The molecule has 0 radical (unpaired) electrons. The molecule has 1 rings (SSSR count). The summed E-state index contributed by atoms with van der Waals surface area (Å²) in [7, 11) is -2.21. The maximum absolute atomic E-state index is 13.1. The summed E-state index contributed by atoms with van der Waals surface area (Å²) in [5.74, 6) is -0.424. The number of furan rings is 1. The number of rotatable bonds is 10.